The standard InChI is InChI=1S/C13H16N4/c1-9-3-4-10(15-8-9)13(5-2-6-13)11-7-12(14)17-16-11/h3-4,7-8H,2,5-6H2,1H3,(H3,14,16,17). The molecule has 1 aliphatic carbocycles. The maximum atomic E-state index is 5.69. The monoisotopic (exact) mass is 228 g/mol. The average Bonchev–Trinajstić information content (AvgIpc) is 2.67. The first kappa shape index (κ1) is 10.3. The van der Waals surface area contributed by atoms with Gasteiger partial charge in [0, 0.05) is 18.0 Å². The van der Waals surface area contributed by atoms with Crippen molar-refractivity contribution in [3.63, 3.8) is 0 Å². The Balaban J connectivity index is 2.05. The summed E-state index contributed by atoms with van der Waals surface area (Å²) in [5.74, 6) is 0.554. The molecule has 2 aromatic rings. The summed E-state index contributed by atoms with van der Waals surface area (Å²) in [6.45, 7) is 2.05. The Bertz CT molecular complexity index is 523. The molecule has 0 spiro atoms. The first-order chi connectivity index (χ1) is 8.21. The second-order valence-electron chi connectivity index (χ2n) is 4.86. The van der Waals surface area contributed by atoms with Crippen LogP contribution in [0.5, 0.6) is 0 Å². The van der Waals surface area contributed by atoms with Crippen molar-refractivity contribution < 1.29 is 0 Å². The molecule has 0 unspecified atom stereocenters. The van der Waals surface area contributed by atoms with Gasteiger partial charge in [0.2, 0.25) is 0 Å². The van der Waals surface area contributed by atoms with E-state index in [1.807, 2.05) is 12.3 Å². The highest BCUT2D eigenvalue weighted by Crippen LogP contribution is 2.47. The molecule has 0 saturated heterocycles. The minimum Gasteiger partial charge on any atom is -0.382 e. The summed E-state index contributed by atoms with van der Waals surface area (Å²) in [6, 6.07) is 6.16. The third-order valence-electron chi connectivity index (χ3n) is 3.72. The molecule has 0 aromatic carbocycles. The second-order valence-corrected chi connectivity index (χ2v) is 4.86. The third kappa shape index (κ3) is 1.52. The van der Waals surface area contributed by atoms with Gasteiger partial charge in [0.25, 0.3) is 0 Å². The number of hydrogen-bond acceptors (Lipinski definition) is 3. The van der Waals surface area contributed by atoms with E-state index in [9.17, 15) is 0 Å². The molecule has 4 heteroatoms. The summed E-state index contributed by atoms with van der Waals surface area (Å²) in [5, 5.41) is 7.08. The number of hydrogen-bond donors (Lipinski definition) is 2. The van der Waals surface area contributed by atoms with E-state index >= 15 is 0 Å². The molecule has 0 atom stereocenters. The van der Waals surface area contributed by atoms with E-state index < -0.39 is 0 Å². The van der Waals surface area contributed by atoms with E-state index in [2.05, 4.69) is 34.2 Å². The molecule has 1 fully saturated rings. The zero-order valence-electron chi connectivity index (χ0n) is 9.90. The molecule has 1 saturated carbocycles. The first-order valence-corrected chi connectivity index (χ1v) is 5.95. The summed E-state index contributed by atoms with van der Waals surface area (Å²) in [4.78, 5) is 4.57. The summed E-state index contributed by atoms with van der Waals surface area (Å²) in [7, 11) is 0. The number of nitrogens with one attached hydrogen (secondary N) is 1. The van der Waals surface area contributed by atoms with Crippen LogP contribution in [0.2, 0.25) is 0 Å². The molecule has 17 heavy (non-hydrogen) atoms. The van der Waals surface area contributed by atoms with Crippen LogP contribution in [-0.4, -0.2) is 15.2 Å². The lowest BCUT2D eigenvalue weighted by atomic mass is 9.64. The number of pyridine rings is 1. The number of aromatic amines is 1. The van der Waals surface area contributed by atoms with Crippen LogP contribution < -0.4 is 5.73 Å². The number of rotatable bonds is 2. The van der Waals surface area contributed by atoms with Crippen molar-refractivity contribution in [2.45, 2.75) is 31.6 Å². The largest absolute Gasteiger partial charge is 0.382 e. The molecule has 0 aliphatic heterocycles. The zero-order chi connectivity index (χ0) is 11.9. The molecule has 4 nitrogen and oxygen atoms in total. The number of H-pyrrole nitrogens is 1. The topological polar surface area (TPSA) is 67.6 Å². The van der Waals surface area contributed by atoms with Crippen LogP contribution in [0.4, 0.5) is 5.82 Å². The lowest BCUT2D eigenvalue weighted by Gasteiger charge is -2.40. The van der Waals surface area contributed by atoms with Gasteiger partial charge in [0.15, 0.2) is 0 Å². The fourth-order valence-corrected chi connectivity index (χ4v) is 2.53. The van der Waals surface area contributed by atoms with Crippen molar-refractivity contribution in [3.8, 4) is 0 Å². The molecule has 2 heterocycles. The summed E-state index contributed by atoms with van der Waals surface area (Å²) >= 11 is 0. The van der Waals surface area contributed by atoms with Crippen molar-refractivity contribution in [2.24, 2.45) is 0 Å². The molecule has 2 aromatic heterocycles. The van der Waals surface area contributed by atoms with Crippen LogP contribution in [0, 0.1) is 6.92 Å². The Labute approximate surface area is 100 Å². The predicted molar refractivity (Wildman–Crippen MR) is 66.6 cm³/mol. The van der Waals surface area contributed by atoms with E-state index in [-0.39, 0.29) is 5.41 Å². The van der Waals surface area contributed by atoms with Crippen LogP contribution in [-0.2, 0) is 5.41 Å². The summed E-state index contributed by atoms with van der Waals surface area (Å²) in [6.07, 6.45) is 5.39. The minimum absolute atomic E-state index is 0.0122. The number of aryl methyl sites for hydroxylation is 1. The van der Waals surface area contributed by atoms with Crippen molar-refractivity contribution in [3.05, 3.63) is 41.3 Å². The van der Waals surface area contributed by atoms with Crippen LogP contribution in [0.1, 0.15) is 36.2 Å². The quantitative estimate of drug-likeness (QED) is 0.827. The highest BCUT2D eigenvalue weighted by Gasteiger charge is 2.43. The van der Waals surface area contributed by atoms with Crippen LogP contribution in [0.25, 0.3) is 0 Å². The van der Waals surface area contributed by atoms with Gasteiger partial charge in [-0.2, -0.15) is 5.10 Å². The predicted octanol–water partition coefficient (Wildman–Crippen LogP) is 2.17. The second kappa shape index (κ2) is 3.58. The summed E-state index contributed by atoms with van der Waals surface area (Å²) in [5.41, 5.74) is 9.11. The van der Waals surface area contributed by atoms with Gasteiger partial charge in [-0.3, -0.25) is 10.1 Å². The van der Waals surface area contributed by atoms with Crippen molar-refractivity contribution >= 4 is 5.82 Å². The van der Waals surface area contributed by atoms with Gasteiger partial charge >= 0.3 is 0 Å². The highest BCUT2D eigenvalue weighted by molar-refractivity contribution is 5.40. The lowest BCUT2D eigenvalue weighted by molar-refractivity contribution is 0.286. The van der Waals surface area contributed by atoms with Gasteiger partial charge in [0.1, 0.15) is 5.82 Å². The molecule has 3 rings (SSSR count). The van der Waals surface area contributed by atoms with Crippen molar-refractivity contribution in [2.75, 3.05) is 5.73 Å². The number of nitrogens with zero attached hydrogens (tertiary/aromatic N) is 2. The fourth-order valence-electron chi connectivity index (χ4n) is 2.53. The van der Waals surface area contributed by atoms with E-state index in [4.69, 9.17) is 5.73 Å². The summed E-state index contributed by atoms with van der Waals surface area (Å²) < 4.78 is 0. The molecule has 0 radical (unpaired) electrons. The SMILES string of the molecule is Cc1ccc(C2(c3cc(N)n[nH]3)CCC2)nc1. The molecular formula is C13H16N4. The minimum atomic E-state index is 0.0122. The van der Waals surface area contributed by atoms with E-state index in [0.717, 1.165) is 24.2 Å². The maximum absolute atomic E-state index is 5.69. The Morgan fingerprint density at radius 1 is 1.35 bits per heavy atom. The first-order valence-electron chi connectivity index (χ1n) is 5.95. The van der Waals surface area contributed by atoms with Gasteiger partial charge in [-0.25, -0.2) is 0 Å². The molecule has 3 N–H and O–H groups in total. The van der Waals surface area contributed by atoms with Gasteiger partial charge < -0.3 is 5.73 Å². The Hall–Kier alpha value is -1.84. The number of nitrogens with two attached hydrogens (primary N) is 1. The normalized spacial score (nSPS) is 17.7. The van der Waals surface area contributed by atoms with Gasteiger partial charge in [-0.1, -0.05) is 12.5 Å². The number of aromatic nitrogens is 3. The van der Waals surface area contributed by atoms with E-state index in [0.29, 0.717) is 5.82 Å². The highest BCUT2D eigenvalue weighted by atomic mass is 15.2. The van der Waals surface area contributed by atoms with Gasteiger partial charge in [0.05, 0.1) is 11.1 Å². The van der Waals surface area contributed by atoms with Gasteiger partial charge in [-0.15, -0.1) is 0 Å². The smallest absolute Gasteiger partial charge is 0.145 e. The Morgan fingerprint density at radius 3 is 2.65 bits per heavy atom. The molecule has 0 amide bonds. The maximum Gasteiger partial charge on any atom is 0.145 e. The van der Waals surface area contributed by atoms with E-state index in [1.165, 1.54) is 12.0 Å². The van der Waals surface area contributed by atoms with E-state index in [1.54, 1.807) is 0 Å². The van der Waals surface area contributed by atoms with Gasteiger partial charge in [-0.05, 0) is 31.4 Å². The molecular weight excluding hydrogens is 212 g/mol. The molecule has 88 valence electrons. The average molecular weight is 228 g/mol. The zero-order valence-corrected chi connectivity index (χ0v) is 9.90. The van der Waals surface area contributed by atoms with Crippen LogP contribution in [0.15, 0.2) is 24.4 Å². The van der Waals surface area contributed by atoms with Crippen LogP contribution >= 0.6 is 0 Å². The van der Waals surface area contributed by atoms with Crippen LogP contribution in [0.3, 0.4) is 0 Å². The Kier molecular flexibility index (Phi) is 2.18. The molecule has 0 bridgehead atoms. The third-order valence-corrected chi connectivity index (χ3v) is 3.72. The number of nitrogen functional groups attached to an aromatic ring is 1. The number of anilines is 1. The lowest BCUT2D eigenvalue weighted by Crippen LogP contribution is -2.36. The van der Waals surface area contributed by atoms with Crippen molar-refractivity contribution in [1.29, 1.82) is 0 Å². The molecule has 1 aliphatic rings. The Morgan fingerprint density at radius 2 is 2.18 bits per heavy atom. The van der Waals surface area contributed by atoms with Crippen molar-refractivity contribution in [1.82, 2.24) is 15.2 Å². The fraction of sp³-hybridized carbons (Fsp3) is 0.385.